The number of amides is 1. The van der Waals surface area contributed by atoms with Crippen molar-refractivity contribution in [2.75, 3.05) is 31.1 Å². The molecule has 4 rings (SSSR count). The van der Waals surface area contributed by atoms with E-state index in [-0.39, 0.29) is 16.8 Å². The lowest BCUT2D eigenvalue weighted by atomic mass is 10.2. The minimum absolute atomic E-state index is 0.164. The van der Waals surface area contributed by atoms with Crippen LogP contribution in [0.5, 0.6) is 0 Å². The quantitative estimate of drug-likeness (QED) is 0.842. The van der Waals surface area contributed by atoms with E-state index in [9.17, 15) is 13.2 Å². The van der Waals surface area contributed by atoms with Gasteiger partial charge in [0.1, 0.15) is 5.82 Å². The topological polar surface area (TPSA) is 82.6 Å². The molecule has 1 N–H and O–H groups in total. The standard InChI is InChI=1S/C19H22N4O3S/c24-19(21-16-7-8-16)15-4-3-5-17(14-15)27(25,26)23-12-10-22(11-13-23)18-6-1-2-9-20-18/h1-6,9,14,16H,7-8,10-13H2,(H,21,24). The zero-order valence-electron chi connectivity index (χ0n) is 14.9. The van der Waals surface area contributed by atoms with E-state index in [0.29, 0.717) is 31.7 Å². The average Bonchev–Trinajstić information content (AvgIpc) is 3.53. The van der Waals surface area contributed by atoms with Gasteiger partial charge in [-0.3, -0.25) is 4.79 Å². The summed E-state index contributed by atoms with van der Waals surface area (Å²) >= 11 is 0. The first-order chi connectivity index (χ1) is 13.0. The van der Waals surface area contributed by atoms with Crippen LogP contribution in [0.1, 0.15) is 23.2 Å². The van der Waals surface area contributed by atoms with Crippen molar-refractivity contribution in [3.63, 3.8) is 0 Å². The highest BCUT2D eigenvalue weighted by Gasteiger charge is 2.30. The number of sulfonamides is 1. The molecule has 0 atom stereocenters. The zero-order valence-corrected chi connectivity index (χ0v) is 15.7. The lowest BCUT2D eigenvalue weighted by Crippen LogP contribution is -2.48. The van der Waals surface area contributed by atoms with E-state index >= 15 is 0 Å². The molecule has 1 aromatic heterocycles. The highest BCUT2D eigenvalue weighted by atomic mass is 32.2. The van der Waals surface area contributed by atoms with Gasteiger partial charge in [0.25, 0.3) is 5.91 Å². The van der Waals surface area contributed by atoms with Gasteiger partial charge in [0, 0.05) is 44.0 Å². The van der Waals surface area contributed by atoms with Gasteiger partial charge in [-0.25, -0.2) is 13.4 Å². The maximum absolute atomic E-state index is 13.0. The van der Waals surface area contributed by atoms with Crippen molar-refractivity contribution in [1.29, 1.82) is 0 Å². The minimum atomic E-state index is -3.63. The van der Waals surface area contributed by atoms with Crippen molar-refractivity contribution in [1.82, 2.24) is 14.6 Å². The lowest BCUT2D eigenvalue weighted by molar-refractivity contribution is 0.0951. The number of benzene rings is 1. The molecule has 2 aliphatic rings. The normalized spacial score (nSPS) is 18.3. The van der Waals surface area contributed by atoms with Crippen molar-refractivity contribution >= 4 is 21.7 Å². The van der Waals surface area contributed by atoms with Crippen molar-refractivity contribution in [2.45, 2.75) is 23.8 Å². The van der Waals surface area contributed by atoms with Crippen molar-refractivity contribution in [3.05, 3.63) is 54.2 Å². The molecule has 0 unspecified atom stereocenters. The summed E-state index contributed by atoms with van der Waals surface area (Å²) in [7, 11) is -3.63. The van der Waals surface area contributed by atoms with Gasteiger partial charge in [-0.1, -0.05) is 12.1 Å². The van der Waals surface area contributed by atoms with Gasteiger partial charge in [-0.2, -0.15) is 4.31 Å². The number of anilines is 1. The van der Waals surface area contributed by atoms with Crippen LogP contribution in [-0.4, -0.2) is 55.8 Å². The second kappa shape index (κ2) is 7.28. The van der Waals surface area contributed by atoms with Crippen LogP contribution < -0.4 is 10.2 Å². The summed E-state index contributed by atoms with van der Waals surface area (Å²) in [6.07, 6.45) is 3.71. The van der Waals surface area contributed by atoms with E-state index in [1.54, 1.807) is 24.4 Å². The first-order valence-electron chi connectivity index (χ1n) is 9.11. The molecule has 2 fully saturated rings. The third-order valence-corrected chi connectivity index (χ3v) is 6.75. The molecule has 1 aromatic carbocycles. The Hall–Kier alpha value is -2.45. The summed E-state index contributed by atoms with van der Waals surface area (Å²) in [5.41, 5.74) is 0.384. The van der Waals surface area contributed by atoms with Gasteiger partial charge in [-0.15, -0.1) is 0 Å². The van der Waals surface area contributed by atoms with E-state index in [4.69, 9.17) is 0 Å². The third-order valence-electron chi connectivity index (χ3n) is 4.86. The van der Waals surface area contributed by atoms with Gasteiger partial charge in [-0.05, 0) is 43.2 Å². The molecule has 1 amide bonds. The fourth-order valence-electron chi connectivity index (χ4n) is 3.14. The molecule has 7 nitrogen and oxygen atoms in total. The lowest BCUT2D eigenvalue weighted by Gasteiger charge is -2.34. The fourth-order valence-corrected chi connectivity index (χ4v) is 4.61. The Morgan fingerprint density at radius 3 is 2.48 bits per heavy atom. The highest BCUT2D eigenvalue weighted by Crippen LogP contribution is 2.22. The molecule has 0 radical (unpaired) electrons. The smallest absolute Gasteiger partial charge is 0.251 e. The molecule has 1 aliphatic carbocycles. The number of nitrogens with zero attached hydrogens (tertiary/aromatic N) is 3. The fraction of sp³-hybridized carbons (Fsp3) is 0.368. The number of nitrogens with one attached hydrogen (secondary N) is 1. The van der Waals surface area contributed by atoms with Crippen LogP contribution in [0.25, 0.3) is 0 Å². The predicted molar refractivity (Wildman–Crippen MR) is 102 cm³/mol. The van der Waals surface area contributed by atoms with Crippen molar-refractivity contribution < 1.29 is 13.2 Å². The van der Waals surface area contributed by atoms with Gasteiger partial charge < -0.3 is 10.2 Å². The average molecular weight is 386 g/mol. The van der Waals surface area contributed by atoms with E-state index < -0.39 is 10.0 Å². The molecule has 2 heterocycles. The molecular weight excluding hydrogens is 364 g/mol. The Kier molecular flexibility index (Phi) is 4.84. The zero-order chi connectivity index (χ0) is 18.9. The van der Waals surface area contributed by atoms with E-state index in [1.165, 1.54) is 10.4 Å². The number of carbonyl (C=O) groups excluding carboxylic acids is 1. The van der Waals surface area contributed by atoms with Gasteiger partial charge in [0.05, 0.1) is 4.90 Å². The number of aromatic nitrogens is 1. The molecular formula is C19H22N4O3S. The Bertz CT molecular complexity index is 921. The van der Waals surface area contributed by atoms with Gasteiger partial charge in [0.15, 0.2) is 0 Å². The molecule has 1 saturated heterocycles. The van der Waals surface area contributed by atoms with Crippen LogP contribution >= 0.6 is 0 Å². The maximum Gasteiger partial charge on any atom is 0.251 e. The van der Waals surface area contributed by atoms with E-state index in [0.717, 1.165) is 18.7 Å². The number of hydrogen-bond acceptors (Lipinski definition) is 5. The van der Waals surface area contributed by atoms with Crippen molar-refractivity contribution in [3.8, 4) is 0 Å². The molecule has 142 valence electrons. The number of pyridine rings is 1. The second-order valence-electron chi connectivity index (χ2n) is 6.85. The van der Waals surface area contributed by atoms with Crippen LogP contribution in [0.4, 0.5) is 5.82 Å². The molecule has 0 bridgehead atoms. The molecule has 1 aliphatic heterocycles. The summed E-state index contributed by atoms with van der Waals surface area (Å²) in [4.78, 5) is 18.8. The number of hydrogen-bond donors (Lipinski definition) is 1. The summed E-state index contributed by atoms with van der Waals surface area (Å²) < 4.78 is 27.5. The molecule has 1 saturated carbocycles. The van der Waals surface area contributed by atoms with Crippen LogP contribution in [0.15, 0.2) is 53.6 Å². The summed E-state index contributed by atoms with van der Waals surface area (Å²) in [6.45, 7) is 1.94. The van der Waals surface area contributed by atoms with Gasteiger partial charge in [0.2, 0.25) is 10.0 Å². The SMILES string of the molecule is O=C(NC1CC1)c1cccc(S(=O)(=O)N2CCN(c3ccccn3)CC2)c1. The first kappa shape index (κ1) is 17.9. The Balaban J connectivity index is 1.46. The van der Waals surface area contributed by atoms with Crippen LogP contribution in [0, 0.1) is 0 Å². The van der Waals surface area contributed by atoms with Crippen LogP contribution in [0.3, 0.4) is 0 Å². The van der Waals surface area contributed by atoms with Crippen LogP contribution in [-0.2, 0) is 10.0 Å². The monoisotopic (exact) mass is 386 g/mol. The highest BCUT2D eigenvalue weighted by molar-refractivity contribution is 7.89. The third kappa shape index (κ3) is 3.96. The van der Waals surface area contributed by atoms with Gasteiger partial charge >= 0.3 is 0 Å². The summed E-state index contributed by atoms with van der Waals surface area (Å²) in [5, 5.41) is 2.89. The molecule has 8 heteroatoms. The summed E-state index contributed by atoms with van der Waals surface area (Å²) in [6, 6.07) is 12.2. The number of rotatable bonds is 5. The maximum atomic E-state index is 13.0. The largest absolute Gasteiger partial charge is 0.354 e. The molecule has 2 aromatic rings. The van der Waals surface area contributed by atoms with Crippen molar-refractivity contribution in [2.24, 2.45) is 0 Å². The number of carbonyl (C=O) groups is 1. The Morgan fingerprint density at radius 1 is 1.04 bits per heavy atom. The first-order valence-corrected chi connectivity index (χ1v) is 10.5. The molecule has 27 heavy (non-hydrogen) atoms. The number of piperazine rings is 1. The Morgan fingerprint density at radius 2 is 1.81 bits per heavy atom. The Labute approximate surface area is 159 Å². The predicted octanol–water partition coefficient (Wildman–Crippen LogP) is 1.48. The summed E-state index contributed by atoms with van der Waals surface area (Å²) in [5.74, 6) is 0.641. The minimum Gasteiger partial charge on any atom is -0.354 e. The van der Waals surface area contributed by atoms with E-state index in [1.807, 2.05) is 18.2 Å². The second-order valence-corrected chi connectivity index (χ2v) is 8.79. The molecule has 0 spiro atoms. The van der Waals surface area contributed by atoms with Crippen LogP contribution in [0.2, 0.25) is 0 Å². The van der Waals surface area contributed by atoms with E-state index in [2.05, 4.69) is 15.2 Å².